The Morgan fingerprint density at radius 2 is 1.41 bits per heavy atom. The van der Waals surface area contributed by atoms with E-state index in [0.717, 1.165) is 36.9 Å². The van der Waals surface area contributed by atoms with Gasteiger partial charge in [-0.2, -0.15) is 0 Å². The van der Waals surface area contributed by atoms with E-state index in [-0.39, 0.29) is 21.5 Å². The Bertz CT molecular complexity index is 959. The van der Waals surface area contributed by atoms with Gasteiger partial charge in [-0.15, -0.1) is 0 Å². The van der Waals surface area contributed by atoms with Crippen LogP contribution in [0.25, 0.3) is 0 Å². The third-order valence-corrected chi connectivity index (χ3v) is 8.47. The summed E-state index contributed by atoms with van der Waals surface area (Å²) in [7, 11) is 0.584. The first-order valence-corrected chi connectivity index (χ1v) is 14.0. The number of hydrogen-bond acceptors (Lipinski definition) is 2. The Hall–Kier alpha value is -1.37. The number of phenols is 1. The first-order valence-electron chi connectivity index (χ1n) is 13.0. The van der Waals surface area contributed by atoms with Crippen molar-refractivity contribution in [2.75, 3.05) is 0 Å². The first kappa shape index (κ1) is 28.9. The lowest BCUT2D eigenvalue weighted by atomic mass is 9.77. The molecule has 0 aliphatic carbocycles. The van der Waals surface area contributed by atoms with Gasteiger partial charge in [0.05, 0.1) is 0 Å². The minimum Gasteiger partial charge on any atom is -0.507 e. The molecule has 0 bridgehead atoms. The van der Waals surface area contributed by atoms with Crippen LogP contribution in [0.2, 0.25) is 0 Å². The van der Waals surface area contributed by atoms with Crippen molar-refractivity contribution in [3.05, 3.63) is 58.7 Å². The van der Waals surface area contributed by atoms with Gasteiger partial charge in [-0.05, 0) is 60.0 Å². The topological polar surface area (TPSA) is 32.3 Å². The summed E-state index contributed by atoms with van der Waals surface area (Å²) in [6.07, 6.45) is 3.36. The smallest absolute Gasteiger partial charge is 0.123 e. The highest BCUT2D eigenvalue weighted by molar-refractivity contribution is 7.48. The van der Waals surface area contributed by atoms with E-state index >= 15 is 0 Å². The van der Waals surface area contributed by atoms with E-state index < -0.39 is 0 Å². The van der Waals surface area contributed by atoms with Crippen LogP contribution in [0.1, 0.15) is 118 Å². The second-order valence-corrected chi connectivity index (χ2v) is 15.1. The summed E-state index contributed by atoms with van der Waals surface area (Å²) in [5.74, 6) is 0.497. The van der Waals surface area contributed by atoms with Gasteiger partial charge >= 0.3 is 0 Å². The summed E-state index contributed by atoms with van der Waals surface area (Å²) in [6, 6.07) is 13.4. The number of phenolic OH excluding ortho intramolecular Hbond substituents is 1. The van der Waals surface area contributed by atoms with Crippen molar-refractivity contribution in [2.45, 2.75) is 123 Å². The largest absolute Gasteiger partial charge is 0.507 e. The Morgan fingerprint density at radius 1 is 0.824 bits per heavy atom. The van der Waals surface area contributed by atoms with E-state index in [0.29, 0.717) is 14.3 Å². The average Bonchev–Trinajstić information content (AvgIpc) is 2.69. The van der Waals surface area contributed by atoms with Gasteiger partial charge in [0, 0.05) is 22.8 Å². The zero-order valence-electron chi connectivity index (χ0n) is 23.7. The number of nitrogens with one attached hydrogen (secondary N) is 1. The van der Waals surface area contributed by atoms with Crippen LogP contribution in [0.15, 0.2) is 36.4 Å². The van der Waals surface area contributed by atoms with Crippen LogP contribution < -0.4 is 10.6 Å². The first-order chi connectivity index (χ1) is 15.5. The van der Waals surface area contributed by atoms with Crippen LogP contribution in [0.4, 0.5) is 0 Å². The van der Waals surface area contributed by atoms with Crippen LogP contribution in [-0.2, 0) is 22.5 Å². The van der Waals surface area contributed by atoms with E-state index in [1.165, 1.54) is 16.4 Å². The molecule has 2 aromatic carbocycles. The maximum atomic E-state index is 11.7. The molecule has 190 valence electrons. The number of rotatable bonds is 8. The van der Waals surface area contributed by atoms with Crippen molar-refractivity contribution in [1.29, 1.82) is 0 Å². The van der Waals surface area contributed by atoms with Gasteiger partial charge in [-0.25, -0.2) is 0 Å². The molecular formula is C31H50NOP. The summed E-state index contributed by atoms with van der Waals surface area (Å²) in [5.41, 5.74) is 4.82. The van der Waals surface area contributed by atoms with Gasteiger partial charge in [-0.3, -0.25) is 0 Å². The fraction of sp³-hybridized carbons (Fsp3) is 0.613. The highest BCUT2D eigenvalue weighted by Gasteiger charge is 2.34. The maximum Gasteiger partial charge on any atom is 0.123 e. The fourth-order valence-electron chi connectivity index (χ4n) is 4.31. The van der Waals surface area contributed by atoms with E-state index in [2.05, 4.69) is 118 Å². The molecule has 0 heterocycles. The maximum absolute atomic E-state index is 11.7. The van der Waals surface area contributed by atoms with Crippen molar-refractivity contribution in [3.63, 3.8) is 0 Å². The van der Waals surface area contributed by atoms with Crippen molar-refractivity contribution in [2.24, 2.45) is 0 Å². The minimum atomic E-state index is -0.126. The molecular weight excluding hydrogens is 433 g/mol. The Morgan fingerprint density at radius 3 is 1.94 bits per heavy atom. The van der Waals surface area contributed by atoms with Gasteiger partial charge < -0.3 is 10.4 Å². The molecule has 0 amide bonds. The van der Waals surface area contributed by atoms with Crippen LogP contribution in [0.3, 0.4) is 0 Å². The zero-order valence-corrected chi connectivity index (χ0v) is 24.7. The normalized spacial score (nSPS) is 15.1. The predicted octanol–water partition coefficient (Wildman–Crippen LogP) is 8.28. The van der Waals surface area contributed by atoms with E-state index in [1.54, 1.807) is 0 Å². The van der Waals surface area contributed by atoms with Gasteiger partial charge in [0.1, 0.15) is 5.75 Å². The molecule has 0 aliphatic heterocycles. The quantitative estimate of drug-likeness (QED) is 0.370. The van der Waals surface area contributed by atoms with Gasteiger partial charge in [-0.1, -0.05) is 113 Å². The Labute approximate surface area is 212 Å². The molecule has 2 atom stereocenters. The summed E-state index contributed by atoms with van der Waals surface area (Å²) < 4.78 is 0. The monoisotopic (exact) mass is 483 g/mol. The third-order valence-electron chi connectivity index (χ3n) is 6.65. The number of unbranched alkanes of at least 4 members (excludes halogenated alkanes) is 1. The molecule has 2 aromatic rings. The van der Waals surface area contributed by atoms with Gasteiger partial charge in [0.2, 0.25) is 0 Å². The molecule has 0 saturated heterocycles. The number of benzene rings is 2. The lowest BCUT2D eigenvalue weighted by molar-refractivity contribution is 0.424. The fourth-order valence-corrected chi connectivity index (χ4v) is 6.04. The van der Waals surface area contributed by atoms with Crippen molar-refractivity contribution in [1.82, 2.24) is 5.32 Å². The van der Waals surface area contributed by atoms with Crippen LogP contribution in [-0.4, -0.2) is 10.6 Å². The molecule has 2 nitrogen and oxygen atoms in total. The van der Waals surface area contributed by atoms with Crippen molar-refractivity contribution >= 4 is 13.9 Å². The van der Waals surface area contributed by atoms with E-state index in [1.807, 2.05) is 0 Å². The molecule has 0 spiro atoms. The number of hydrogen-bond donors (Lipinski definition) is 2. The molecule has 0 aromatic heterocycles. The van der Waals surface area contributed by atoms with Crippen molar-refractivity contribution in [3.8, 4) is 5.75 Å². The standard InChI is InChI=1S/C31H50NOP/c1-12-13-18-31(11,34-26-17-15-14-16-22(26)21-32-30(8,9)10)25-20-23(28(2,3)4)19-24(27(25)33)29(5,6)7/h14-17,19-20,32-34H,12-13,18,21H2,1-11H3. The molecule has 0 aliphatic rings. The second-order valence-electron chi connectivity index (χ2n) is 13.2. The highest BCUT2D eigenvalue weighted by atomic mass is 31.1. The highest BCUT2D eigenvalue weighted by Crippen LogP contribution is 2.51. The van der Waals surface area contributed by atoms with Gasteiger partial charge in [0.15, 0.2) is 0 Å². The molecule has 0 radical (unpaired) electrons. The second kappa shape index (κ2) is 10.7. The van der Waals surface area contributed by atoms with Crippen LogP contribution in [0.5, 0.6) is 5.75 Å². The zero-order chi connectivity index (χ0) is 25.9. The van der Waals surface area contributed by atoms with Crippen LogP contribution >= 0.6 is 8.58 Å². The molecule has 2 unspecified atom stereocenters. The lowest BCUT2D eigenvalue weighted by Crippen LogP contribution is -2.36. The SMILES string of the molecule is CCCCC(C)(Pc1ccccc1CNC(C)(C)C)c1cc(C(C)(C)C)cc(C(C)(C)C)c1O. The number of aromatic hydroxyl groups is 1. The average molecular weight is 484 g/mol. The predicted molar refractivity (Wildman–Crippen MR) is 153 cm³/mol. The van der Waals surface area contributed by atoms with Gasteiger partial charge in [0.25, 0.3) is 0 Å². The minimum absolute atomic E-state index is 0.0196. The summed E-state index contributed by atoms with van der Waals surface area (Å²) in [4.78, 5) is 0. The molecule has 0 saturated carbocycles. The van der Waals surface area contributed by atoms with E-state index in [4.69, 9.17) is 0 Å². The summed E-state index contributed by atoms with van der Waals surface area (Å²) in [5, 5.41) is 16.6. The van der Waals surface area contributed by atoms with E-state index in [9.17, 15) is 5.11 Å². The summed E-state index contributed by atoms with van der Waals surface area (Å²) in [6.45, 7) is 25.6. The molecule has 34 heavy (non-hydrogen) atoms. The van der Waals surface area contributed by atoms with Crippen LogP contribution in [0, 0.1) is 0 Å². The summed E-state index contributed by atoms with van der Waals surface area (Å²) >= 11 is 0. The molecule has 0 fully saturated rings. The molecule has 3 heteroatoms. The molecule has 2 N–H and O–H groups in total. The third kappa shape index (κ3) is 7.56. The van der Waals surface area contributed by atoms with Crippen molar-refractivity contribution < 1.29 is 5.11 Å². The Kier molecular flexibility index (Phi) is 9.10. The Balaban J connectivity index is 2.67. The molecule has 2 rings (SSSR count). The lowest BCUT2D eigenvalue weighted by Gasteiger charge is -2.36.